The third kappa shape index (κ3) is 3.94. The molecule has 13 heteroatoms. The zero-order valence-electron chi connectivity index (χ0n) is 18.2. The van der Waals surface area contributed by atoms with Crippen LogP contribution in [0.3, 0.4) is 0 Å². The topological polar surface area (TPSA) is 193 Å². The minimum absolute atomic E-state index is 0.000458. The van der Waals surface area contributed by atoms with E-state index in [1.54, 1.807) is 6.07 Å². The van der Waals surface area contributed by atoms with Gasteiger partial charge in [-0.3, -0.25) is 14.4 Å². The Kier molecular flexibility index (Phi) is 6.11. The molecule has 0 radical (unpaired) electrons. The quantitative estimate of drug-likeness (QED) is 0.457. The predicted molar refractivity (Wildman–Crippen MR) is 121 cm³/mol. The van der Waals surface area contributed by atoms with Gasteiger partial charge in [-0.2, -0.15) is 5.26 Å². The van der Waals surface area contributed by atoms with Gasteiger partial charge in [0, 0.05) is 24.0 Å². The van der Waals surface area contributed by atoms with Crippen molar-refractivity contribution < 1.29 is 27.9 Å². The van der Waals surface area contributed by atoms with Gasteiger partial charge in [-0.05, 0) is 31.4 Å². The summed E-state index contributed by atoms with van der Waals surface area (Å²) in [5.41, 5.74) is 1.48. The number of aliphatic carboxylic acids is 1. The van der Waals surface area contributed by atoms with E-state index in [-0.39, 0.29) is 41.7 Å². The molecule has 0 spiro atoms. The molecule has 4 N–H and O–H groups in total. The van der Waals surface area contributed by atoms with Crippen LogP contribution in [0.15, 0.2) is 46.1 Å². The molecule has 5 atom stereocenters. The number of rotatable bonds is 8. The number of benzene rings is 1. The summed E-state index contributed by atoms with van der Waals surface area (Å²) in [5.74, 6) is -4.22. The Morgan fingerprint density at radius 2 is 2.00 bits per heavy atom. The second kappa shape index (κ2) is 8.66. The smallest absolute Gasteiger partial charge is 0.310 e. The molecule has 4 rings (SSSR count). The van der Waals surface area contributed by atoms with Crippen LogP contribution in [0.1, 0.15) is 19.3 Å². The Hall–Kier alpha value is -3.43. The number of nitrogens with zero attached hydrogens (tertiary/aromatic N) is 2. The lowest BCUT2D eigenvalue weighted by molar-refractivity contribution is -0.154. The van der Waals surface area contributed by atoms with Gasteiger partial charge < -0.3 is 15.6 Å². The van der Waals surface area contributed by atoms with Crippen molar-refractivity contribution >= 4 is 33.3 Å². The zero-order valence-corrected chi connectivity index (χ0v) is 19.8. The highest BCUT2D eigenvalue weighted by Gasteiger charge is 2.75. The lowest BCUT2D eigenvalue weighted by Crippen LogP contribution is -2.43. The number of nitrogens with one attached hydrogen (secondary N) is 1. The molecule has 2 aliphatic rings. The molecule has 35 heavy (non-hydrogen) atoms. The highest BCUT2D eigenvalue weighted by atomic mass is 35.5. The number of hydrogen-bond acceptors (Lipinski definition) is 8. The van der Waals surface area contributed by atoms with Crippen LogP contribution >= 0.6 is 11.6 Å². The molecule has 2 aromatic rings. The lowest BCUT2D eigenvalue weighted by Gasteiger charge is -2.32. The minimum atomic E-state index is -4.08. The van der Waals surface area contributed by atoms with Gasteiger partial charge in [0.05, 0.1) is 33.3 Å². The molecule has 11 nitrogen and oxygen atoms in total. The molecular weight excluding hydrogens is 500 g/mol. The van der Waals surface area contributed by atoms with Crippen LogP contribution in [0.5, 0.6) is 5.88 Å². The van der Waals surface area contributed by atoms with E-state index in [4.69, 9.17) is 22.1 Å². The molecule has 1 aromatic heterocycles. The minimum Gasteiger partial charge on any atom is -0.481 e. The van der Waals surface area contributed by atoms with Crippen LogP contribution in [-0.4, -0.2) is 47.5 Å². The summed E-state index contributed by atoms with van der Waals surface area (Å²) >= 11 is 6.13. The predicted octanol–water partition coefficient (Wildman–Crippen LogP) is 1.14. The van der Waals surface area contributed by atoms with Crippen molar-refractivity contribution in [3.63, 3.8) is 0 Å². The van der Waals surface area contributed by atoms with Crippen LogP contribution in [0.4, 0.5) is 0 Å². The number of H-pyrrole nitrogens is 1. The number of ether oxygens (including phenoxy) is 1. The van der Waals surface area contributed by atoms with Crippen LogP contribution < -0.4 is 16.0 Å². The maximum Gasteiger partial charge on any atom is 0.310 e. The molecule has 0 saturated heterocycles. The van der Waals surface area contributed by atoms with Gasteiger partial charge in [-0.25, -0.2) is 13.5 Å². The van der Waals surface area contributed by atoms with Crippen molar-refractivity contribution in [1.82, 2.24) is 10.2 Å². The number of hydrogen-bond donors (Lipinski definition) is 3. The second-order valence-corrected chi connectivity index (χ2v) is 11.5. The number of carboxylic acids is 1. The number of nitrogens with two attached hydrogens (primary N) is 1. The van der Waals surface area contributed by atoms with Gasteiger partial charge in [0.25, 0.3) is 5.56 Å². The monoisotopic (exact) mass is 520 g/mol. The van der Waals surface area contributed by atoms with E-state index in [1.165, 1.54) is 30.3 Å². The number of carbonyl (C=O) groups excluding carboxylic acids is 1. The van der Waals surface area contributed by atoms with Gasteiger partial charge in [0.2, 0.25) is 11.8 Å². The fourth-order valence-corrected chi connectivity index (χ4v) is 7.64. The molecule has 2 fully saturated rings. The third-order valence-electron chi connectivity index (χ3n) is 7.13. The molecule has 1 amide bonds. The van der Waals surface area contributed by atoms with Gasteiger partial charge in [0.1, 0.15) is 5.41 Å². The molecule has 1 aromatic carbocycles. The maximum atomic E-state index is 13.5. The largest absolute Gasteiger partial charge is 0.481 e. The molecule has 184 valence electrons. The number of carbonyl (C=O) groups is 2. The first-order valence-corrected chi connectivity index (χ1v) is 12.5. The second-order valence-electron chi connectivity index (χ2n) is 8.85. The van der Waals surface area contributed by atoms with E-state index in [1.807, 2.05) is 6.07 Å². The lowest BCUT2D eigenvalue weighted by atomic mass is 9.71. The number of carboxylic acid groups (broad SMARTS) is 1. The standard InChI is InChI=1S/C22H21ClN4O7S/c23-14-3-1-2-4-15(14)35(32,33)13-7-12(10-34-18-6-5-17(28)26-27-18)22(8-13,20(30)31)16-9-21(16,11-24)19(25)29/h1-6,12-13,16H,7-10H2,(H2,25,29)(H,26,28)(H,30,31)/t12-,13+,16?,21?,22-/m0/s1. The normalized spacial score (nSPS) is 29.8. The van der Waals surface area contributed by atoms with Crippen molar-refractivity contribution in [1.29, 1.82) is 5.26 Å². The first kappa shape index (κ1) is 24.7. The van der Waals surface area contributed by atoms with E-state index < -0.39 is 55.2 Å². The molecule has 2 aliphatic carbocycles. The molecule has 0 aliphatic heterocycles. The Morgan fingerprint density at radius 1 is 1.29 bits per heavy atom. The van der Waals surface area contributed by atoms with Crippen LogP contribution in [-0.2, 0) is 19.4 Å². The molecule has 1 heterocycles. The van der Waals surface area contributed by atoms with Crippen molar-refractivity contribution in [3.05, 3.63) is 51.8 Å². The number of aromatic nitrogens is 2. The summed E-state index contributed by atoms with van der Waals surface area (Å²) in [6, 6.07) is 10.2. The fraction of sp³-hybridized carbons (Fsp3) is 0.409. The molecular formula is C22H21ClN4O7S. The number of amides is 1. The van der Waals surface area contributed by atoms with Crippen LogP contribution in [0, 0.1) is 34.0 Å². The number of primary amides is 1. The van der Waals surface area contributed by atoms with E-state index in [0.717, 1.165) is 0 Å². The van der Waals surface area contributed by atoms with Crippen LogP contribution in [0.25, 0.3) is 0 Å². The number of sulfone groups is 1. The van der Waals surface area contributed by atoms with E-state index in [9.17, 15) is 33.2 Å². The first-order valence-electron chi connectivity index (χ1n) is 10.6. The Morgan fingerprint density at radius 3 is 2.54 bits per heavy atom. The van der Waals surface area contributed by atoms with Gasteiger partial charge >= 0.3 is 5.97 Å². The summed E-state index contributed by atoms with van der Waals surface area (Å²) in [4.78, 5) is 36.0. The molecule has 2 saturated carbocycles. The van der Waals surface area contributed by atoms with Gasteiger partial charge in [-0.15, -0.1) is 5.10 Å². The number of halogens is 1. The van der Waals surface area contributed by atoms with E-state index in [0.29, 0.717) is 0 Å². The summed E-state index contributed by atoms with van der Waals surface area (Å²) < 4.78 is 32.6. The van der Waals surface area contributed by atoms with Crippen molar-refractivity contribution in [2.24, 2.45) is 28.4 Å². The Balaban J connectivity index is 1.75. The molecule has 2 unspecified atom stereocenters. The highest BCUT2D eigenvalue weighted by Crippen LogP contribution is 2.68. The number of nitriles is 1. The van der Waals surface area contributed by atoms with Crippen LogP contribution in [0.2, 0.25) is 5.02 Å². The zero-order chi connectivity index (χ0) is 25.6. The SMILES string of the molecule is N#CC1(C(N)=O)CC1[C@]1(C(=O)O)C[C@H](S(=O)(=O)c2ccccc2Cl)C[C@H]1COc1ccc(=O)[nH]n1. The third-order valence-corrected chi connectivity index (χ3v) is 9.78. The summed E-state index contributed by atoms with van der Waals surface area (Å²) in [5, 5.41) is 24.8. The number of aromatic amines is 1. The van der Waals surface area contributed by atoms with Crippen molar-refractivity contribution in [3.8, 4) is 11.9 Å². The highest BCUT2D eigenvalue weighted by molar-refractivity contribution is 7.92. The van der Waals surface area contributed by atoms with E-state index >= 15 is 0 Å². The average Bonchev–Trinajstić information content (AvgIpc) is 3.45. The van der Waals surface area contributed by atoms with Crippen molar-refractivity contribution in [2.75, 3.05) is 6.61 Å². The first-order chi connectivity index (χ1) is 16.5. The van der Waals surface area contributed by atoms with Crippen molar-refractivity contribution in [2.45, 2.75) is 29.4 Å². The summed E-state index contributed by atoms with van der Waals surface area (Å²) in [6.45, 7) is -0.281. The summed E-state index contributed by atoms with van der Waals surface area (Å²) in [6.07, 6.45) is -0.582. The van der Waals surface area contributed by atoms with Gasteiger partial charge in [0.15, 0.2) is 9.84 Å². The van der Waals surface area contributed by atoms with E-state index in [2.05, 4.69) is 10.2 Å². The maximum absolute atomic E-state index is 13.5. The summed E-state index contributed by atoms with van der Waals surface area (Å²) in [7, 11) is -4.08. The molecule has 0 bridgehead atoms. The fourth-order valence-electron chi connectivity index (χ4n) is 5.23. The average molecular weight is 521 g/mol. The Bertz CT molecular complexity index is 1380. The Labute approximate surface area is 204 Å². The van der Waals surface area contributed by atoms with Gasteiger partial charge in [-0.1, -0.05) is 23.7 Å².